The van der Waals surface area contributed by atoms with Gasteiger partial charge >= 0.3 is 0 Å². The highest BCUT2D eigenvalue weighted by Crippen LogP contribution is 2.52. The first kappa shape index (κ1) is 16.1. The summed E-state index contributed by atoms with van der Waals surface area (Å²) in [4.78, 5) is 27.5. The number of carbonyl (C=O) groups excluding carboxylic acids is 2. The van der Waals surface area contributed by atoms with Crippen LogP contribution in [0.4, 0.5) is 5.69 Å². The first-order valence-corrected chi connectivity index (χ1v) is 8.58. The molecule has 25 heavy (non-hydrogen) atoms. The van der Waals surface area contributed by atoms with Crippen molar-refractivity contribution in [3.8, 4) is 5.75 Å². The second kappa shape index (κ2) is 5.59. The zero-order valence-electron chi connectivity index (χ0n) is 14.6. The molecule has 0 saturated carbocycles. The second-order valence-electron chi connectivity index (χ2n) is 7.19. The Bertz CT molecular complexity index is 742. The third-order valence-electron chi connectivity index (χ3n) is 5.22. The van der Waals surface area contributed by atoms with Gasteiger partial charge in [0.1, 0.15) is 11.4 Å². The smallest absolute Gasteiger partial charge is 0.234 e. The summed E-state index contributed by atoms with van der Waals surface area (Å²) in [6.07, 6.45) is 3.57. The van der Waals surface area contributed by atoms with E-state index in [2.05, 4.69) is 5.32 Å². The molecule has 2 saturated heterocycles. The molecule has 2 bridgehead atoms. The minimum Gasteiger partial charge on any atom is -0.497 e. The van der Waals surface area contributed by atoms with Gasteiger partial charge in [-0.05, 0) is 38.1 Å². The van der Waals surface area contributed by atoms with Crippen molar-refractivity contribution >= 4 is 17.5 Å². The Hall–Kier alpha value is -2.34. The van der Waals surface area contributed by atoms with Gasteiger partial charge in [-0.3, -0.25) is 9.59 Å². The molecule has 4 rings (SSSR count). The van der Waals surface area contributed by atoms with E-state index in [0.29, 0.717) is 6.54 Å². The lowest BCUT2D eigenvalue weighted by atomic mass is 9.76. The molecule has 1 N–H and O–H groups in total. The average Bonchev–Trinajstić information content (AvgIpc) is 3.22. The van der Waals surface area contributed by atoms with Crippen LogP contribution in [0.15, 0.2) is 36.4 Å². The van der Waals surface area contributed by atoms with Crippen LogP contribution in [0, 0.1) is 11.8 Å². The minimum absolute atomic E-state index is 0.0285. The molecule has 4 atom stereocenters. The van der Waals surface area contributed by atoms with Crippen molar-refractivity contribution in [2.24, 2.45) is 11.8 Å². The molecule has 1 aromatic carbocycles. The number of nitrogens with zero attached hydrogens (tertiary/aromatic N) is 1. The Labute approximate surface area is 146 Å². The molecule has 6 nitrogen and oxygen atoms in total. The van der Waals surface area contributed by atoms with Gasteiger partial charge in [0.2, 0.25) is 11.8 Å². The van der Waals surface area contributed by atoms with Gasteiger partial charge in [-0.2, -0.15) is 0 Å². The van der Waals surface area contributed by atoms with E-state index in [4.69, 9.17) is 9.47 Å². The molecule has 1 aromatic rings. The molecule has 3 aliphatic heterocycles. The van der Waals surface area contributed by atoms with E-state index in [-0.39, 0.29) is 24.0 Å². The molecule has 3 aliphatic rings. The van der Waals surface area contributed by atoms with E-state index in [1.165, 1.54) is 0 Å². The van der Waals surface area contributed by atoms with Crippen LogP contribution in [0.5, 0.6) is 5.75 Å². The van der Waals surface area contributed by atoms with Crippen molar-refractivity contribution in [3.05, 3.63) is 36.4 Å². The second-order valence-corrected chi connectivity index (χ2v) is 7.19. The summed E-state index contributed by atoms with van der Waals surface area (Å²) in [5.41, 5.74) is 0.0961. The lowest BCUT2D eigenvalue weighted by molar-refractivity contribution is -0.132. The van der Waals surface area contributed by atoms with Gasteiger partial charge in [-0.1, -0.05) is 12.2 Å². The fraction of sp³-hybridized carbons (Fsp3) is 0.474. The third-order valence-corrected chi connectivity index (χ3v) is 5.22. The molecule has 1 unspecified atom stereocenters. The van der Waals surface area contributed by atoms with E-state index in [1.807, 2.05) is 50.3 Å². The fourth-order valence-electron chi connectivity index (χ4n) is 4.16. The van der Waals surface area contributed by atoms with Gasteiger partial charge in [0.25, 0.3) is 0 Å². The summed E-state index contributed by atoms with van der Waals surface area (Å²) < 4.78 is 11.3. The van der Waals surface area contributed by atoms with Gasteiger partial charge in [0.05, 0.1) is 31.6 Å². The van der Waals surface area contributed by atoms with Gasteiger partial charge in [0, 0.05) is 11.7 Å². The molecule has 2 fully saturated rings. The SMILES string of the molecule is COc1ccc(N2C[C@@]34C=C[C@H](O3)C(C(=O)NC(C)C)[C@H]4C2=O)cc1. The van der Waals surface area contributed by atoms with Crippen LogP contribution in [0.2, 0.25) is 0 Å². The highest BCUT2D eigenvalue weighted by molar-refractivity contribution is 6.03. The number of carbonyl (C=O) groups is 2. The summed E-state index contributed by atoms with van der Waals surface area (Å²) in [5.74, 6) is -0.367. The summed E-state index contributed by atoms with van der Waals surface area (Å²) in [6.45, 7) is 4.26. The summed E-state index contributed by atoms with van der Waals surface area (Å²) in [7, 11) is 1.61. The van der Waals surface area contributed by atoms with Gasteiger partial charge < -0.3 is 19.7 Å². The van der Waals surface area contributed by atoms with Crippen molar-refractivity contribution in [1.29, 1.82) is 0 Å². The molecule has 3 heterocycles. The third kappa shape index (κ3) is 2.35. The Kier molecular flexibility index (Phi) is 3.61. The highest BCUT2D eigenvalue weighted by Gasteiger charge is 2.67. The quantitative estimate of drug-likeness (QED) is 0.842. The number of anilines is 1. The predicted molar refractivity (Wildman–Crippen MR) is 92.3 cm³/mol. The molecule has 1 spiro atoms. The number of ether oxygens (including phenoxy) is 2. The maximum absolute atomic E-state index is 13.1. The van der Waals surface area contributed by atoms with E-state index >= 15 is 0 Å². The van der Waals surface area contributed by atoms with Gasteiger partial charge in [-0.25, -0.2) is 0 Å². The zero-order chi connectivity index (χ0) is 17.8. The number of amides is 2. The Morgan fingerprint density at radius 3 is 2.72 bits per heavy atom. The van der Waals surface area contributed by atoms with E-state index in [9.17, 15) is 9.59 Å². The Morgan fingerprint density at radius 1 is 1.36 bits per heavy atom. The minimum atomic E-state index is -0.694. The Morgan fingerprint density at radius 2 is 2.08 bits per heavy atom. The highest BCUT2D eigenvalue weighted by atomic mass is 16.5. The number of methoxy groups -OCH3 is 1. The van der Waals surface area contributed by atoms with Crippen molar-refractivity contribution in [1.82, 2.24) is 5.32 Å². The monoisotopic (exact) mass is 342 g/mol. The summed E-state index contributed by atoms with van der Waals surface area (Å²) >= 11 is 0. The first-order valence-electron chi connectivity index (χ1n) is 8.58. The number of hydrogen-bond acceptors (Lipinski definition) is 4. The van der Waals surface area contributed by atoms with Crippen LogP contribution in [0.25, 0.3) is 0 Å². The number of rotatable bonds is 4. The maximum Gasteiger partial charge on any atom is 0.234 e. The first-order chi connectivity index (χ1) is 11.9. The lowest BCUT2D eigenvalue weighted by Gasteiger charge is -2.24. The lowest BCUT2D eigenvalue weighted by Crippen LogP contribution is -2.45. The summed E-state index contributed by atoms with van der Waals surface area (Å²) in [5, 5.41) is 2.93. The van der Waals surface area contributed by atoms with Gasteiger partial charge in [0.15, 0.2) is 0 Å². The molecule has 6 heteroatoms. The van der Waals surface area contributed by atoms with Crippen LogP contribution in [-0.2, 0) is 14.3 Å². The number of fused-ring (bicyclic) bond motifs is 1. The molecule has 0 aliphatic carbocycles. The van der Waals surface area contributed by atoms with Crippen molar-refractivity contribution < 1.29 is 19.1 Å². The van der Waals surface area contributed by atoms with Crippen molar-refractivity contribution in [3.63, 3.8) is 0 Å². The molecule has 132 valence electrons. The largest absolute Gasteiger partial charge is 0.497 e. The number of nitrogens with one attached hydrogen (secondary N) is 1. The molecular formula is C19H22N2O4. The predicted octanol–water partition coefficient (Wildman–Crippen LogP) is 1.51. The van der Waals surface area contributed by atoms with Crippen LogP contribution in [0.1, 0.15) is 13.8 Å². The topological polar surface area (TPSA) is 67.9 Å². The van der Waals surface area contributed by atoms with E-state index < -0.39 is 17.4 Å². The van der Waals surface area contributed by atoms with Crippen LogP contribution < -0.4 is 15.0 Å². The van der Waals surface area contributed by atoms with Crippen molar-refractivity contribution in [2.45, 2.75) is 31.6 Å². The van der Waals surface area contributed by atoms with Gasteiger partial charge in [-0.15, -0.1) is 0 Å². The number of benzene rings is 1. The normalized spacial score (nSPS) is 32.4. The average molecular weight is 342 g/mol. The van der Waals surface area contributed by atoms with E-state index in [1.54, 1.807) is 12.0 Å². The number of hydrogen-bond donors (Lipinski definition) is 1. The standard InChI is InChI=1S/C19H22N2O4/c1-11(2)20-17(22)15-14-8-9-19(25-14)10-21(18(23)16(15)19)12-4-6-13(24-3)7-5-12/h4-9,11,14-16H,10H2,1-3H3,(H,20,22)/t14-,15?,16-,19+/m0/s1. The molecular weight excluding hydrogens is 320 g/mol. The zero-order valence-corrected chi connectivity index (χ0v) is 14.6. The molecule has 2 amide bonds. The van der Waals surface area contributed by atoms with Crippen LogP contribution in [0.3, 0.4) is 0 Å². The van der Waals surface area contributed by atoms with Crippen LogP contribution in [-0.4, -0.2) is 43.2 Å². The summed E-state index contributed by atoms with van der Waals surface area (Å²) in [6, 6.07) is 7.39. The maximum atomic E-state index is 13.1. The van der Waals surface area contributed by atoms with E-state index in [0.717, 1.165) is 11.4 Å². The Balaban J connectivity index is 1.64. The van der Waals surface area contributed by atoms with Crippen molar-refractivity contribution in [2.75, 3.05) is 18.6 Å². The fourth-order valence-corrected chi connectivity index (χ4v) is 4.16. The molecule has 0 aromatic heterocycles. The van der Waals surface area contributed by atoms with Crippen LogP contribution >= 0.6 is 0 Å². The molecule has 0 radical (unpaired) electrons.